The van der Waals surface area contributed by atoms with Crippen LogP contribution in [-0.4, -0.2) is 21.9 Å². The molecular formula is C26H24FN3O3. The number of anilines is 1. The molecule has 0 saturated heterocycles. The van der Waals surface area contributed by atoms with Crippen LogP contribution in [0.2, 0.25) is 0 Å². The highest BCUT2D eigenvalue weighted by Crippen LogP contribution is 2.40. The minimum absolute atomic E-state index is 0.0269. The summed E-state index contributed by atoms with van der Waals surface area (Å²) in [4.78, 5) is 27.3. The minimum Gasteiger partial charge on any atom is -0.386 e. The van der Waals surface area contributed by atoms with Gasteiger partial charge in [-0.3, -0.25) is 9.59 Å². The maximum Gasteiger partial charge on any atom is 0.250 e. The van der Waals surface area contributed by atoms with Crippen LogP contribution in [0.15, 0.2) is 60.7 Å². The van der Waals surface area contributed by atoms with Crippen molar-refractivity contribution >= 4 is 39.3 Å². The number of aromatic nitrogens is 1. The maximum atomic E-state index is 15.5. The van der Waals surface area contributed by atoms with E-state index in [1.54, 1.807) is 63.2 Å². The fraction of sp³-hybridized carbons (Fsp3) is 0.154. The van der Waals surface area contributed by atoms with Crippen molar-refractivity contribution in [2.75, 3.05) is 5.32 Å². The SMILES string of the molecule is C=C(C)C(=O)Nc1cccc(-c2c(F)cc(C(N)=O)c3[nH]c4cc(C(C)(C)O)ccc4c23)c1. The predicted molar refractivity (Wildman–Crippen MR) is 128 cm³/mol. The number of nitrogens with two attached hydrogens (primary N) is 1. The number of amides is 2. The number of carbonyl (C=O) groups is 2. The second-order valence-corrected chi connectivity index (χ2v) is 8.65. The molecule has 168 valence electrons. The van der Waals surface area contributed by atoms with Gasteiger partial charge in [0.25, 0.3) is 11.8 Å². The lowest BCUT2D eigenvalue weighted by molar-refractivity contribution is -0.112. The van der Waals surface area contributed by atoms with Gasteiger partial charge in [-0.1, -0.05) is 30.8 Å². The molecule has 0 radical (unpaired) electrons. The molecule has 0 aliphatic carbocycles. The van der Waals surface area contributed by atoms with Gasteiger partial charge < -0.3 is 21.1 Å². The van der Waals surface area contributed by atoms with Gasteiger partial charge in [0.05, 0.1) is 16.7 Å². The topological polar surface area (TPSA) is 108 Å². The number of rotatable bonds is 5. The van der Waals surface area contributed by atoms with E-state index in [0.29, 0.717) is 44.2 Å². The molecule has 0 atom stereocenters. The number of primary amides is 1. The maximum absolute atomic E-state index is 15.5. The molecule has 0 aliphatic rings. The van der Waals surface area contributed by atoms with Gasteiger partial charge in [0, 0.05) is 33.1 Å². The van der Waals surface area contributed by atoms with E-state index < -0.39 is 17.3 Å². The number of nitrogens with one attached hydrogen (secondary N) is 2. The average molecular weight is 445 g/mol. The number of fused-ring (bicyclic) bond motifs is 3. The number of H-pyrrole nitrogens is 1. The predicted octanol–water partition coefficient (Wildman–Crippen LogP) is 4.97. The Hall–Kier alpha value is -3.97. The van der Waals surface area contributed by atoms with E-state index >= 15 is 4.39 Å². The first kappa shape index (κ1) is 22.2. The van der Waals surface area contributed by atoms with Gasteiger partial charge in [-0.05, 0) is 56.2 Å². The van der Waals surface area contributed by atoms with Crippen LogP contribution >= 0.6 is 0 Å². The molecule has 0 unspecified atom stereocenters. The zero-order chi connectivity index (χ0) is 24.1. The Morgan fingerprint density at radius 2 is 1.88 bits per heavy atom. The number of aliphatic hydroxyl groups is 1. The van der Waals surface area contributed by atoms with Crippen molar-refractivity contribution in [2.45, 2.75) is 26.4 Å². The van der Waals surface area contributed by atoms with Crippen LogP contribution in [0.1, 0.15) is 36.7 Å². The van der Waals surface area contributed by atoms with Crippen molar-refractivity contribution in [3.05, 3.63) is 77.6 Å². The molecule has 7 heteroatoms. The Kier molecular flexibility index (Phi) is 5.30. The lowest BCUT2D eigenvalue weighted by Crippen LogP contribution is -2.14. The summed E-state index contributed by atoms with van der Waals surface area (Å²) in [5.74, 6) is -1.72. The van der Waals surface area contributed by atoms with Crippen molar-refractivity contribution in [1.29, 1.82) is 0 Å². The van der Waals surface area contributed by atoms with Crippen LogP contribution < -0.4 is 11.1 Å². The number of hydrogen-bond donors (Lipinski definition) is 4. The molecule has 4 rings (SSSR count). The molecule has 3 aromatic carbocycles. The lowest BCUT2D eigenvalue weighted by atomic mass is 9.94. The third kappa shape index (κ3) is 3.99. The summed E-state index contributed by atoms with van der Waals surface area (Å²) in [5, 5.41) is 14.3. The minimum atomic E-state index is -1.08. The molecule has 0 aliphatic heterocycles. The Morgan fingerprint density at radius 3 is 2.52 bits per heavy atom. The van der Waals surface area contributed by atoms with Crippen molar-refractivity contribution in [3.63, 3.8) is 0 Å². The number of halogens is 1. The summed E-state index contributed by atoms with van der Waals surface area (Å²) in [6.45, 7) is 8.56. The van der Waals surface area contributed by atoms with Gasteiger partial charge in [0.2, 0.25) is 0 Å². The van der Waals surface area contributed by atoms with E-state index in [-0.39, 0.29) is 17.0 Å². The first-order valence-corrected chi connectivity index (χ1v) is 10.3. The summed E-state index contributed by atoms with van der Waals surface area (Å²) in [7, 11) is 0. The van der Waals surface area contributed by atoms with Crippen molar-refractivity contribution < 1.29 is 19.1 Å². The van der Waals surface area contributed by atoms with Crippen molar-refractivity contribution in [2.24, 2.45) is 5.73 Å². The van der Waals surface area contributed by atoms with Crippen molar-refractivity contribution in [1.82, 2.24) is 4.98 Å². The molecule has 1 heterocycles. The number of benzene rings is 3. The highest BCUT2D eigenvalue weighted by atomic mass is 19.1. The molecular weight excluding hydrogens is 421 g/mol. The molecule has 0 spiro atoms. The molecule has 1 aromatic heterocycles. The van der Waals surface area contributed by atoms with Gasteiger partial charge in [-0.2, -0.15) is 0 Å². The van der Waals surface area contributed by atoms with E-state index in [9.17, 15) is 14.7 Å². The Morgan fingerprint density at radius 1 is 1.15 bits per heavy atom. The summed E-state index contributed by atoms with van der Waals surface area (Å²) in [5.41, 5.74) is 7.79. The Bertz CT molecular complexity index is 1460. The van der Waals surface area contributed by atoms with Gasteiger partial charge in [0.1, 0.15) is 5.82 Å². The first-order chi connectivity index (χ1) is 15.5. The summed E-state index contributed by atoms with van der Waals surface area (Å²) >= 11 is 0. The van der Waals surface area contributed by atoms with Crippen LogP contribution in [0.4, 0.5) is 10.1 Å². The fourth-order valence-corrected chi connectivity index (χ4v) is 3.90. The first-order valence-electron chi connectivity index (χ1n) is 10.3. The molecule has 6 nitrogen and oxygen atoms in total. The Labute approximate surface area is 189 Å². The molecule has 0 bridgehead atoms. The average Bonchev–Trinajstić information content (AvgIpc) is 3.11. The quantitative estimate of drug-likeness (QED) is 0.326. The summed E-state index contributed by atoms with van der Waals surface area (Å²) < 4.78 is 15.5. The smallest absolute Gasteiger partial charge is 0.250 e. The molecule has 0 fully saturated rings. The Balaban J connectivity index is 2.02. The summed E-state index contributed by atoms with van der Waals surface area (Å²) in [6, 6.07) is 13.2. The van der Waals surface area contributed by atoms with Gasteiger partial charge in [-0.15, -0.1) is 0 Å². The normalized spacial score (nSPS) is 11.7. The lowest BCUT2D eigenvalue weighted by Gasteiger charge is -2.17. The fourth-order valence-electron chi connectivity index (χ4n) is 3.90. The van der Waals surface area contributed by atoms with Gasteiger partial charge >= 0.3 is 0 Å². The van der Waals surface area contributed by atoms with Crippen LogP contribution in [0.25, 0.3) is 32.9 Å². The third-order valence-electron chi connectivity index (χ3n) is 5.60. The zero-order valence-corrected chi connectivity index (χ0v) is 18.5. The van der Waals surface area contributed by atoms with E-state index in [0.717, 1.165) is 6.07 Å². The molecule has 4 aromatic rings. The van der Waals surface area contributed by atoms with Crippen LogP contribution in [-0.2, 0) is 10.4 Å². The monoisotopic (exact) mass is 445 g/mol. The molecule has 2 amide bonds. The van der Waals surface area contributed by atoms with Crippen molar-refractivity contribution in [3.8, 4) is 11.1 Å². The van der Waals surface area contributed by atoms with Crippen LogP contribution in [0.3, 0.4) is 0 Å². The molecule has 33 heavy (non-hydrogen) atoms. The third-order valence-corrected chi connectivity index (χ3v) is 5.60. The molecule has 0 saturated carbocycles. The van der Waals surface area contributed by atoms with Crippen LogP contribution in [0, 0.1) is 5.82 Å². The van der Waals surface area contributed by atoms with E-state index in [2.05, 4.69) is 16.9 Å². The van der Waals surface area contributed by atoms with E-state index in [4.69, 9.17) is 5.73 Å². The number of aromatic amines is 1. The largest absolute Gasteiger partial charge is 0.386 e. The second kappa shape index (κ2) is 7.86. The van der Waals surface area contributed by atoms with Crippen LogP contribution in [0.5, 0.6) is 0 Å². The second-order valence-electron chi connectivity index (χ2n) is 8.65. The highest BCUT2D eigenvalue weighted by Gasteiger charge is 2.23. The highest BCUT2D eigenvalue weighted by molar-refractivity contribution is 6.20. The standard InChI is InChI=1S/C26H24FN3O3/c1-13(2)25(32)29-16-7-5-6-14(10-16)21-19(27)12-18(24(28)31)23-22(21)17-9-8-15(26(3,4)33)11-20(17)30-23/h5-12,30,33H,1H2,2-4H3,(H2,28,31)(H,29,32). The number of hydrogen-bond acceptors (Lipinski definition) is 3. The number of carbonyl (C=O) groups excluding carboxylic acids is 2. The molecule has 5 N–H and O–H groups in total. The van der Waals surface area contributed by atoms with E-state index in [1.807, 2.05) is 0 Å². The summed E-state index contributed by atoms with van der Waals surface area (Å²) in [6.07, 6.45) is 0. The van der Waals surface area contributed by atoms with Gasteiger partial charge in [0.15, 0.2) is 0 Å². The van der Waals surface area contributed by atoms with Gasteiger partial charge in [-0.25, -0.2) is 4.39 Å². The van der Waals surface area contributed by atoms with E-state index in [1.165, 1.54) is 0 Å². The zero-order valence-electron chi connectivity index (χ0n) is 18.5.